The van der Waals surface area contributed by atoms with Crippen LogP contribution in [0.1, 0.15) is 12.5 Å². The molecule has 0 saturated heterocycles. The minimum atomic E-state index is 0.410. The summed E-state index contributed by atoms with van der Waals surface area (Å²) in [5, 5.41) is 5.60. The summed E-state index contributed by atoms with van der Waals surface area (Å²) in [6.45, 7) is 1.96. The SMILES string of the molecule is C/C=C\c1c(N)oc2ccc(Oc3ccc4sc5ccc(-c6ccc7oc8ccccc8c7c6)cc5c4c3)cc12. The Labute approximate surface area is 233 Å². The maximum Gasteiger partial charge on any atom is 0.198 e. The number of furan rings is 2. The molecule has 0 unspecified atom stereocenters. The molecular formula is C35H23NO3S. The van der Waals surface area contributed by atoms with Crippen LogP contribution in [0, 0.1) is 0 Å². The summed E-state index contributed by atoms with van der Waals surface area (Å²) in [5.74, 6) is 1.93. The van der Waals surface area contributed by atoms with Crippen molar-refractivity contribution in [3.8, 4) is 22.6 Å². The van der Waals surface area contributed by atoms with Gasteiger partial charge in [0, 0.05) is 41.9 Å². The molecule has 0 radical (unpaired) electrons. The lowest BCUT2D eigenvalue weighted by atomic mass is 10.0. The number of para-hydroxylation sites is 1. The third-order valence-electron chi connectivity index (χ3n) is 7.45. The van der Waals surface area contributed by atoms with E-state index in [2.05, 4.69) is 60.7 Å². The molecule has 0 spiro atoms. The minimum Gasteiger partial charge on any atom is -0.457 e. The Morgan fingerprint density at radius 3 is 2.10 bits per heavy atom. The lowest BCUT2D eigenvalue weighted by molar-refractivity contribution is 0.484. The third kappa shape index (κ3) is 3.59. The van der Waals surface area contributed by atoms with Gasteiger partial charge in [-0.1, -0.05) is 42.5 Å². The van der Waals surface area contributed by atoms with Crippen LogP contribution in [-0.2, 0) is 0 Å². The Morgan fingerprint density at radius 1 is 0.625 bits per heavy atom. The summed E-state index contributed by atoms with van der Waals surface area (Å²) < 4.78 is 20.6. The van der Waals surface area contributed by atoms with E-state index in [9.17, 15) is 0 Å². The Balaban J connectivity index is 1.20. The number of fused-ring (bicyclic) bond motifs is 7. The van der Waals surface area contributed by atoms with Crippen LogP contribution in [0.4, 0.5) is 5.88 Å². The maximum atomic E-state index is 6.34. The molecule has 0 atom stereocenters. The number of nitrogens with two attached hydrogens (primary N) is 1. The molecule has 0 bridgehead atoms. The highest BCUT2D eigenvalue weighted by Gasteiger charge is 2.13. The van der Waals surface area contributed by atoms with Gasteiger partial charge in [0.1, 0.15) is 28.2 Å². The van der Waals surface area contributed by atoms with Crippen molar-refractivity contribution in [3.05, 3.63) is 109 Å². The van der Waals surface area contributed by atoms with Crippen LogP contribution in [0.5, 0.6) is 11.5 Å². The Bertz CT molecular complexity index is 2280. The quantitative estimate of drug-likeness (QED) is 0.242. The third-order valence-corrected chi connectivity index (χ3v) is 8.60. The van der Waals surface area contributed by atoms with E-state index in [0.29, 0.717) is 5.88 Å². The fourth-order valence-electron chi connectivity index (χ4n) is 5.56. The number of anilines is 1. The van der Waals surface area contributed by atoms with Gasteiger partial charge in [0.15, 0.2) is 5.88 Å². The van der Waals surface area contributed by atoms with Gasteiger partial charge in [0.05, 0.1) is 0 Å². The molecule has 192 valence electrons. The first-order valence-electron chi connectivity index (χ1n) is 13.2. The summed E-state index contributed by atoms with van der Waals surface area (Å²) in [5.41, 5.74) is 11.9. The molecule has 3 heterocycles. The number of ether oxygens (including phenoxy) is 1. The van der Waals surface area contributed by atoms with Crippen molar-refractivity contribution in [2.75, 3.05) is 5.73 Å². The zero-order valence-electron chi connectivity index (χ0n) is 21.6. The molecule has 8 aromatic rings. The van der Waals surface area contributed by atoms with Crippen LogP contribution in [0.25, 0.3) is 70.3 Å². The van der Waals surface area contributed by atoms with Crippen LogP contribution < -0.4 is 10.5 Å². The van der Waals surface area contributed by atoms with Crippen molar-refractivity contribution in [2.45, 2.75) is 6.92 Å². The molecule has 0 amide bonds. The van der Waals surface area contributed by atoms with Crippen molar-refractivity contribution < 1.29 is 13.6 Å². The van der Waals surface area contributed by atoms with Crippen molar-refractivity contribution in [2.24, 2.45) is 0 Å². The number of hydrogen-bond acceptors (Lipinski definition) is 5. The molecule has 0 aliphatic carbocycles. The molecule has 0 saturated carbocycles. The molecule has 2 N–H and O–H groups in total. The van der Waals surface area contributed by atoms with Gasteiger partial charge in [-0.25, -0.2) is 0 Å². The van der Waals surface area contributed by atoms with Gasteiger partial charge in [0.25, 0.3) is 0 Å². The lowest BCUT2D eigenvalue weighted by Gasteiger charge is -2.07. The highest BCUT2D eigenvalue weighted by molar-refractivity contribution is 7.25. The van der Waals surface area contributed by atoms with Gasteiger partial charge in [0.2, 0.25) is 0 Å². The maximum absolute atomic E-state index is 6.34. The zero-order valence-corrected chi connectivity index (χ0v) is 22.4. The standard InChI is InChI=1S/C35H23NO3S/c1-2-5-25-27-18-22(10-13-32(27)39-35(25)36)37-23-11-15-34-29(19-23)28-17-21(9-14-33(28)40-34)20-8-12-31-26(16-20)24-6-3-4-7-30(24)38-31/h2-19H,36H2,1H3/b5-2-. The van der Waals surface area contributed by atoms with Gasteiger partial charge in [-0.05, 0) is 84.8 Å². The van der Waals surface area contributed by atoms with E-state index in [1.807, 2.05) is 55.5 Å². The molecule has 8 rings (SSSR count). The second-order valence-corrected chi connectivity index (χ2v) is 11.0. The first-order chi connectivity index (χ1) is 19.6. The summed E-state index contributed by atoms with van der Waals surface area (Å²) >= 11 is 1.79. The normalized spacial score (nSPS) is 12.1. The fraction of sp³-hybridized carbons (Fsp3) is 0.0286. The van der Waals surface area contributed by atoms with Crippen LogP contribution in [-0.4, -0.2) is 0 Å². The van der Waals surface area contributed by atoms with Gasteiger partial charge in [-0.2, -0.15) is 0 Å². The molecule has 3 aromatic heterocycles. The second-order valence-electron chi connectivity index (χ2n) is 9.92. The lowest BCUT2D eigenvalue weighted by Crippen LogP contribution is -1.85. The second kappa shape index (κ2) is 8.76. The fourth-order valence-corrected chi connectivity index (χ4v) is 6.62. The van der Waals surface area contributed by atoms with Gasteiger partial charge >= 0.3 is 0 Å². The van der Waals surface area contributed by atoms with E-state index >= 15 is 0 Å². The van der Waals surface area contributed by atoms with Crippen molar-refractivity contribution in [1.82, 2.24) is 0 Å². The van der Waals surface area contributed by atoms with Crippen LogP contribution >= 0.6 is 11.3 Å². The number of benzene rings is 5. The summed E-state index contributed by atoms with van der Waals surface area (Å²) in [4.78, 5) is 0. The minimum absolute atomic E-state index is 0.410. The Morgan fingerprint density at radius 2 is 1.25 bits per heavy atom. The number of thiophene rings is 1. The molecule has 4 nitrogen and oxygen atoms in total. The highest BCUT2D eigenvalue weighted by atomic mass is 32.1. The average molecular weight is 538 g/mol. The predicted octanol–water partition coefficient (Wildman–Crippen LogP) is 10.8. The van der Waals surface area contributed by atoms with E-state index in [1.54, 1.807) is 11.3 Å². The molecular weight excluding hydrogens is 514 g/mol. The van der Waals surface area contributed by atoms with Crippen LogP contribution in [0.15, 0.2) is 112 Å². The molecule has 5 heteroatoms. The van der Waals surface area contributed by atoms with Crippen molar-refractivity contribution in [3.63, 3.8) is 0 Å². The monoisotopic (exact) mass is 537 g/mol. The van der Waals surface area contributed by atoms with Crippen LogP contribution in [0.3, 0.4) is 0 Å². The average Bonchev–Trinajstić information content (AvgIpc) is 3.63. The Kier molecular flexibility index (Phi) is 5.03. The highest BCUT2D eigenvalue weighted by Crippen LogP contribution is 2.40. The largest absolute Gasteiger partial charge is 0.457 e. The topological polar surface area (TPSA) is 61.5 Å². The van der Waals surface area contributed by atoms with E-state index in [1.165, 1.54) is 25.7 Å². The number of allylic oxidation sites excluding steroid dienone is 1. The molecule has 5 aromatic carbocycles. The first kappa shape index (κ1) is 22.9. The van der Waals surface area contributed by atoms with Gasteiger partial charge < -0.3 is 19.3 Å². The van der Waals surface area contributed by atoms with Gasteiger partial charge in [-0.3, -0.25) is 0 Å². The molecule has 0 fully saturated rings. The Hall–Kier alpha value is -5.00. The summed E-state index contributed by atoms with van der Waals surface area (Å²) in [7, 11) is 0. The molecule has 0 aliphatic heterocycles. The molecule has 40 heavy (non-hydrogen) atoms. The number of hydrogen-bond donors (Lipinski definition) is 1. The van der Waals surface area contributed by atoms with Gasteiger partial charge in [-0.15, -0.1) is 11.3 Å². The van der Waals surface area contributed by atoms with Crippen molar-refractivity contribution in [1.29, 1.82) is 0 Å². The van der Waals surface area contributed by atoms with E-state index in [4.69, 9.17) is 19.3 Å². The van der Waals surface area contributed by atoms with Crippen LogP contribution in [0.2, 0.25) is 0 Å². The number of rotatable bonds is 4. The van der Waals surface area contributed by atoms with E-state index in [-0.39, 0.29) is 0 Å². The smallest absolute Gasteiger partial charge is 0.198 e. The predicted molar refractivity (Wildman–Crippen MR) is 167 cm³/mol. The summed E-state index contributed by atoms with van der Waals surface area (Å²) in [6.07, 6.45) is 3.91. The first-order valence-corrected chi connectivity index (χ1v) is 14.0. The van der Waals surface area contributed by atoms with Crippen molar-refractivity contribution >= 4 is 76.4 Å². The van der Waals surface area contributed by atoms with E-state index < -0.39 is 0 Å². The number of nitrogen functional groups attached to an aromatic ring is 1. The zero-order chi connectivity index (χ0) is 26.8. The summed E-state index contributed by atoms with van der Waals surface area (Å²) in [6, 6.07) is 33.4. The molecule has 0 aliphatic rings. The van der Waals surface area contributed by atoms with E-state index in [0.717, 1.165) is 55.5 Å².